The van der Waals surface area contributed by atoms with Gasteiger partial charge in [0.15, 0.2) is 0 Å². The number of fused-ring (bicyclic) bond motifs is 1. The third-order valence-electron chi connectivity index (χ3n) is 4.63. The van der Waals surface area contributed by atoms with Gasteiger partial charge in [-0.15, -0.1) is 0 Å². The fourth-order valence-corrected chi connectivity index (χ4v) is 4.26. The van der Waals surface area contributed by atoms with Crippen LogP contribution >= 0.6 is 0 Å². The first-order valence-corrected chi connectivity index (χ1v) is 10.1. The molecule has 0 spiro atoms. The van der Waals surface area contributed by atoms with Crippen LogP contribution in [0, 0.1) is 5.92 Å². The Morgan fingerprint density at radius 3 is 2.48 bits per heavy atom. The number of amides is 2. The number of urea groups is 1. The molecule has 1 fully saturated rings. The van der Waals surface area contributed by atoms with E-state index in [0.29, 0.717) is 32.5 Å². The first kappa shape index (κ1) is 17.7. The molecule has 0 bridgehead atoms. The quantitative estimate of drug-likeness (QED) is 0.873. The smallest absolute Gasteiger partial charge is 0.317 e. The number of primary sulfonamides is 1. The number of nitrogens with one attached hydrogen (secondary N) is 1. The number of nitrogens with two attached hydrogens (primary N) is 1. The molecule has 7 heteroatoms. The van der Waals surface area contributed by atoms with E-state index in [0.717, 1.165) is 10.9 Å². The van der Waals surface area contributed by atoms with E-state index in [1.165, 1.54) is 5.39 Å². The summed E-state index contributed by atoms with van der Waals surface area (Å²) >= 11 is 0. The summed E-state index contributed by atoms with van der Waals surface area (Å²) in [7, 11) is -3.44. The molecule has 134 valence electrons. The average Bonchev–Trinajstić information content (AvgIpc) is 2.59. The number of rotatable bonds is 4. The number of hydrogen-bond donors (Lipinski definition) is 2. The lowest BCUT2D eigenvalue weighted by Gasteiger charge is -2.31. The van der Waals surface area contributed by atoms with Crippen molar-refractivity contribution in [3.8, 4) is 0 Å². The van der Waals surface area contributed by atoms with Gasteiger partial charge in [0.2, 0.25) is 10.0 Å². The number of sulfonamides is 1. The van der Waals surface area contributed by atoms with Crippen LogP contribution in [0.15, 0.2) is 42.5 Å². The van der Waals surface area contributed by atoms with E-state index in [2.05, 4.69) is 29.6 Å². The number of hydrogen-bond acceptors (Lipinski definition) is 3. The van der Waals surface area contributed by atoms with Gasteiger partial charge in [-0.25, -0.2) is 18.4 Å². The minimum atomic E-state index is -3.44. The van der Waals surface area contributed by atoms with Gasteiger partial charge >= 0.3 is 6.03 Å². The zero-order valence-electron chi connectivity index (χ0n) is 14.0. The molecular weight excluding hydrogens is 338 g/mol. The Bertz CT molecular complexity index is 859. The van der Waals surface area contributed by atoms with Crippen LogP contribution in [-0.4, -0.2) is 38.2 Å². The van der Waals surface area contributed by atoms with Gasteiger partial charge in [-0.3, -0.25) is 0 Å². The molecule has 2 aromatic carbocycles. The number of carbonyl (C=O) groups excluding carboxylic acids is 1. The highest BCUT2D eigenvalue weighted by molar-refractivity contribution is 7.89. The van der Waals surface area contributed by atoms with Gasteiger partial charge in [0.25, 0.3) is 0 Å². The van der Waals surface area contributed by atoms with Gasteiger partial charge in [0.05, 0.1) is 5.75 Å². The molecule has 1 aliphatic heterocycles. The zero-order valence-corrected chi connectivity index (χ0v) is 14.8. The second kappa shape index (κ2) is 7.41. The Morgan fingerprint density at radius 2 is 1.80 bits per heavy atom. The highest BCUT2D eigenvalue weighted by atomic mass is 32.2. The predicted molar refractivity (Wildman–Crippen MR) is 98.5 cm³/mol. The highest BCUT2D eigenvalue weighted by Crippen LogP contribution is 2.19. The van der Waals surface area contributed by atoms with E-state index in [1.54, 1.807) is 4.90 Å². The summed E-state index contributed by atoms with van der Waals surface area (Å²) in [5, 5.41) is 10.4. The molecule has 25 heavy (non-hydrogen) atoms. The highest BCUT2D eigenvalue weighted by Gasteiger charge is 2.25. The topological polar surface area (TPSA) is 92.5 Å². The maximum atomic E-state index is 12.3. The zero-order chi connectivity index (χ0) is 17.9. The minimum Gasteiger partial charge on any atom is -0.334 e. The van der Waals surface area contributed by atoms with Crippen molar-refractivity contribution in [1.29, 1.82) is 0 Å². The summed E-state index contributed by atoms with van der Waals surface area (Å²) in [5.74, 6) is 0.0408. The molecule has 3 N–H and O–H groups in total. The molecule has 0 aromatic heterocycles. The summed E-state index contributed by atoms with van der Waals surface area (Å²) in [6.45, 7) is 1.59. The molecule has 1 aliphatic rings. The van der Waals surface area contributed by atoms with Crippen LogP contribution in [-0.2, 0) is 16.6 Å². The van der Waals surface area contributed by atoms with E-state index in [9.17, 15) is 13.2 Å². The normalized spacial score (nSPS) is 16.1. The summed E-state index contributed by atoms with van der Waals surface area (Å²) < 4.78 is 22.3. The van der Waals surface area contributed by atoms with Crippen LogP contribution in [0.4, 0.5) is 4.79 Å². The van der Waals surface area contributed by atoms with Crippen LogP contribution < -0.4 is 10.5 Å². The van der Waals surface area contributed by atoms with Crippen molar-refractivity contribution in [2.45, 2.75) is 19.4 Å². The molecule has 0 saturated carbocycles. The number of likely N-dealkylation sites (tertiary alicyclic amines) is 1. The SMILES string of the molecule is NS(=O)(=O)CC1CCN(C(=O)NCc2ccc3ccccc3c2)CC1. The second-order valence-corrected chi connectivity index (χ2v) is 8.26. The molecule has 0 unspecified atom stereocenters. The summed E-state index contributed by atoms with van der Waals surface area (Å²) in [6.07, 6.45) is 1.33. The third kappa shape index (κ3) is 4.93. The largest absolute Gasteiger partial charge is 0.334 e. The summed E-state index contributed by atoms with van der Waals surface area (Å²) in [5.41, 5.74) is 1.05. The molecule has 2 amide bonds. The van der Waals surface area contributed by atoms with E-state index >= 15 is 0 Å². The van der Waals surface area contributed by atoms with E-state index in [1.807, 2.05) is 18.2 Å². The first-order chi connectivity index (χ1) is 11.9. The fourth-order valence-electron chi connectivity index (χ4n) is 3.27. The van der Waals surface area contributed by atoms with Crippen LogP contribution in [0.2, 0.25) is 0 Å². The Morgan fingerprint density at radius 1 is 1.12 bits per heavy atom. The molecule has 1 heterocycles. The average molecular weight is 361 g/mol. The second-order valence-electron chi connectivity index (χ2n) is 6.60. The molecule has 0 atom stereocenters. The number of carbonyl (C=O) groups is 1. The maximum Gasteiger partial charge on any atom is 0.317 e. The van der Waals surface area contributed by atoms with Gasteiger partial charge in [0.1, 0.15) is 0 Å². The van der Waals surface area contributed by atoms with E-state index in [4.69, 9.17) is 5.14 Å². The van der Waals surface area contributed by atoms with Gasteiger partial charge in [-0.1, -0.05) is 36.4 Å². The van der Waals surface area contributed by atoms with Crippen molar-refractivity contribution in [2.24, 2.45) is 11.1 Å². The van der Waals surface area contributed by atoms with Crippen molar-refractivity contribution in [3.05, 3.63) is 48.0 Å². The standard InChI is InChI=1S/C18H23N3O3S/c19-25(23,24)13-14-7-9-21(10-8-14)18(22)20-12-15-5-6-16-3-1-2-4-17(16)11-15/h1-6,11,14H,7-10,12-13H2,(H,20,22)(H2,19,23,24). The monoisotopic (exact) mass is 361 g/mol. The molecule has 0 aliphatic carbocycles. The number of benzene rings is 2. The van der Waals surface area contributed by atoms with Crippen LogP contribution in [0.1, 0.15) is 18.4 Å². The molecule has 1 saturated heterocycles. The van der Waals surface area contributed by atoms with Crippen molar-refractivity contribution in [2.75, 3.05) is 18.8 Å². The molecule has 0 radical (unpaired) electrons. The van der Waals surface area contributed by atoms with Gasteiger partial charge in [-0.2, -0.15) is 0 Å². The van der Waals surface area contributed by atoms with Crippen LogP contribution in [0.25, 0.3) is 10.8 Å². The van der Waals surface area contributed by atoms with Crippen molar-refractivity contribution < 1.29 is 13.2 Å². The number of nitrogens with zero attached hydrogens (tertiary/aromatic N) is 1. The molecular formula is C18H23N3O3S. The molecule has 2 aromatic rings. The lowest BCUT2D eigenvalue weighted by atomic mass is 9.99. The van der Waals surface area contributed by atoms with E-state index in [-0.39, 0.29) is 17.7 Å². The predicted octanol–water partition coefficient (Wildman–Crippen LogP) is 2.05. The first-order valence-electron chi connectivity index (χ1n) is 8.42. The summed E-state index contributed by atoms with van der Waals surface area (Å²) in [4.78, 5) is 14.0. The van der Waals surface area contributed by atoms with Crippen LogP contribution in [0.3, 0.4) is 0 Å². The summed E-state index contributed by atoms with van der Waals surface area (Å²) in [6, 6.07) is 14.1. The number of piperidine rings is 1. The molecule has 3 rings (SSSR count). The third-order valence-corrected chi connectivity index (χ3v) is 5.56. The van der Waals surface area contributed by atoms with Gasteiger partial charge in [-0.05, 0) is 41.2 Å². The molecule has 6 nitrogen and oxygen atoms in total. The Labute approximate surface area is 148 Å². The van der Waals surface area contributed by atoms with E-state index < -0.39 is 10.0 Å². The lowest BCUT2D eigenvalue weighted by Crippen LogP contribution is -2.45. The Kier molecular flexibility index (Phi) is 5.24. The van der Waals surface area contributed by atoms with Gasteiger partial charge < -0.3 is 10.2 Å². The Balaban J connectivity index is 1.51. The minimum absolute atomic E-state index is 0.000448. The van der Waals surface area contributed by atoms with Crippen molar-refractivity contribution >= 4 is 26.8 Å². The van der Waals surface area contributed by atoms with Gasteiger partial charge in [0, 0.05) is 19.6 Å². The van der Waals surface area contributed by atoms with Crippen molar-refractivity contribution in [3.63, 3.8) is 0 Å². The maximum absolute atomic E-state index is 12.3. The lowest BCUT2D eigenvalue weighted by molar-refractivity contribution is 0.174. The Hall–Kier alpha value is -2.12. The fraction of sp³-hybridized carbons (Fsp3) is 0.389. The van der Waals surface area contributed by atoms with Crippen molar-refractivity contribution in [1.82, 2.24) is 10.2 Å². The van der Waals surface area contributed by atoms with Crippen LogP contribution in [0.5, 0.6) is 0 Å².